The summed E-state index contributed by atoms with van der Waals surface area (Å²) in [6, 6.07) is 0. The molecule has 27 heavy (non-hydrogen) atoms. The lowest BCUT2D eigenvalue weighted by Gasteiger charge is -2.22. The second kappa shape index (κ2) is 7.92. The summed E-state index contributed by atoms with van der Waals surface area (Å²) in [6.07, 6.45) is 1.51. The van der Waals surface area contributed by atoms with Crippen molar-refractivity contribution in [3.8, 4) is 0 Å². The normalized spacial score (nSPS) is 18.9. The van der Waals surface area contributed by atoms with Crippen LogP contribution in [0.15, 0.2) is 0 Å². The minimum atomic E-state index is -1.07. The predicted molar refractivity (Wildman–Crippen MR) is 97.4 cm³/mol. The van der Waals surface area contributed by atoms with Gasteiger partial charge in [0, 0.05) is 0 Å². The van der Waals surface area contributed by atoms with Gasteiger partial charge in [-0.15, -0.1) is 0 Å². The first-order chi connectivity index (χ1) is 12.1. The molecule has 2 fully saturated rings. The smallest absolute Gasteiger partial charge is 0.408 e. The summed E-state index contributed by atoms with van der Waals surface area (Å²) in [5.41, 5.74) is -2.53. The maximum Gasteiger partial charge on any atom is 0.408 e. The van der Waals surface area contributed by atoms with E-state index in [2.05, 4.69) is 10.6 Å². The topological polar surface area (TPSA) is 134 Å². The van der Waals surface area contributed by atoms with Crippen LogP contribution in [0.2, 0.25) is 0 Å². The van der Waals surface area contributed by atoms with Gasteiger partial charge in [-0.05, 0) is 67.2 Å². The van der Waals surface area contributed by atoms with E-state index in [-0.39, 0.29) is 12.1 Å². The minimum absolute atomic E-state index is 0.00770. The van der Waals surface area contributed by atoms with Crippen LogP contribution in [-0.4, -0.2) is 57.3 Å². The molecule has 0 aromatic rings. The van der Waals surface area contributed by atoms with Crippen LogP contribution in [0, 0.1) is 0 Å². The number of amides is 2. The fourth-order valence-electron chi connectivity index (χ4n) is 2.01. The van der Waals surface area contributed by atoms with Crippen LogP contribution in [0.3, 0.4) is 0 Å². The van der Waals surface area contributed by atoms with Gasteiger partial charge in [-0.3, -0.25) is 0 Å². The molecule has 4 N–H and O–H groups in total. The fraction of sp³-hybridized carbons (Fsp3) is 0.833. The third kappa shape index (κ3) is 8.47. The number of aliphatic carboxylic acids is 1. The molecule has 0 atom stereocenters. The Kier molecular flexibility index (Phi) is 6.75. The minimum Gasteiger partial charge on any atom is -0.480 e. The van der Waals surface area contributed by atoms with Gasteiger partial charge in [0.1, 0.15) is 16.7 Å². The standard InChI is InChI=1S/C9H15NO4.C9H17NO3/c1-8(2,3)14-7(13)10-9(4-5-9)6(11)12;1-8(2,3)13-7(12)10-9(6-11)4-5-9/h4-5H2,1-3H3,(H,10,13)(H,11,12);11H,4-6H2,1-3H3,(H,10,12). The highest BCUT2D eigenvalue weighted by Crippen LogP contribution is 2.36. The lowest BCUT2D eigenvalue weighted by atomic mass is 10.2. The molecule has 9 nitrogen and oxygen atoms in total. The van der Waals surface area contributed by atoms with E-state index in [1.165, 1.54) is 0 Å². The summed E-state index contributed by atoms with van der Waals surface area (Å²) in [4.78, 5) is 33.2. The van der Waals surface area contributed by atoms with Crippen molar-refractivity contribution in [2.24, 2.45) is 0 Å². The molecule has 0 unspecified atom stereocenters. The zero-order valence-corrected chi connectivity index (χ0v) is 17.0. The number of nitrogens with one attached hydrogen (secondary N) is 2. The molecule has 2 aliphatic carbocycles. The number of carbonyl (C=O) groups is 3. The van der Waals surface area contributed by atoms with E-state index in [0.29, 0.717) is 12.8 Å². The lowest BCUT2D eigenvalue weighted by molar-refractivity contribution is -0.140. The van der Waals surface area contributed by atoms with Crippen molar-refractivity contribution in [1.82, 2.24) is 10.6 Å². The number of hydrogen-bond acceptors (Lipinski definition) is 6. The van der Waals surface area contributed by atoms with E-state index in [1.807, 2.05) is 20.8 Å². The van der Waals surface area contributed by atoms with Crippen LogP contribution in [0.25, 0.3) is 0 Å². The highest BCUT2D eigenvalue weighted by atomic mass is 16.6. The lowest BCUT2D eigenvalue weighted by Crippen LogP contribution is -2.45. The maximum atomic E-state index is 11.2. The van der Waals surface area contributed by atoms with Crippen molar-refractivity contribution < 1.29 is 34.1 Å². The second-order valence-corrected chi connectivity index (χ2v) is 9.08. The number of rotatable bonds is 4. The van der Waals surface area contributed by atoms with Crippen LogP contribution in [0.5, 0.6) is 0 Å². The average Bonchev–Trinajstić information content (AvgIpc) is 3.32. The number of carboxylic acids is 1. The Morgan fingerprint density at radius 2 is 1.26 bits per heavy atom. The first-order valence-electron chi connectivity index (χ1n) is 8.99. The van der Waals surface area contributed by atoms with Crippen molar-refractivity contribution >= 4 is 18.2 Å². The van der Waals surface area contributed by atoms with Crippen LogP contribution >= 0.6 is 0 Å². The zero-order valence-electron chi connectivity index (χ0n) is 17.0. The van der Waals surface area contributed by atoms with E-state index < -0.39 is 34.9 Å². The van der Waals surface area contributed by atoms with Crippen molar-refractivity contribution in [3.05, 3.63) is 0 Å². The van der Waals surface area contributed by atoms with Crippen molar-refractivity contribution in [2.75, 3.05) is 6.61 Å². The van der Waals surface area contributed by atoms with Gasteiger partial charge >= 0.3 is 18.2 Å². The van der Waals surface area contributed by atoms with Gasteiger partial charge in [-0.1, -0.05) is 0 Å². The number of ether oxygens (including phenoxy) is 2. The van der Waals surface area contributed by atoms with Gasteiger partial charge in [-0.2, -0.15) is 0 Å². The zero-order chi connectivity index (χ0) is 21.1. The van der Waals surface area contributed by atoms with Gasteiger partial charge in [-0.25, -0.2) is 14.4 Å². The molecule has 0 aromatic carbocycles. The molecule has 0 heterocycles. The average molecular weight is 388 g/mol. The van der Waals surface area contributed by atoms with E-state index in [1.54, 1.807) is 20.8 Å². The van der Waals surface area contributed by atoms with Crippen molar-refractivity contribution in [3.63, 3.8) is 0 Å². The summed E-state index contributed by atoms with van der Waals surface area (Å²) in [5, 5.41) is 22.7. The van der Waals surface area contributed by atoms with Crippen LogP contribution in [0.1, 0.15) is 67.2 Å². The third-order valence-electron chi connectivity index (χ3n) is 3.82. The van der Waals surface area contributed by atoms with E-state index in [9.17, 15) is 14.4 Å². The van der Waals surface area contributed by atoms with Crippen LogP contribution < -0.4 is 10.6 Å². The molecule has 2 rings (SSSR count). The number of aliphatic hydroxyl groups excluding tert-OH is 1. The highest BCUT2D eigenvalue weighted by Gasteiger charge is 2.52. The van der Waals surface area contributed by atoms with Gasteiger partial charge in [0.2, 0.25) is 0 Å². The van der Waals surface area contributed by atoms with Gasteiger partial charge < -0.3 is 30.3 Å². The number of carbonyl (C=O) groups excluding carboxylic acids is 2. The van der Waals surface area contributed by atoms with Crippen molar-refractivity contribution in [1.29, 1.82) is 0 Å². The highest BCUT2D eigenvalue weighted by molar-refractivity contribution is 5.87. The fourth-order valence-corrected chi connectivity index (χ4v) is 2.01. The Morgan fingerprint density at radius 3 is 1.52 bits per heavy atom. The van der Waals surface area contributed by atoms with E-state index in [0.717, 1.165) is 12.8 Å². The Morgan fingerprint density at radius 1 is 0.852 bits per heavy atom. The van der Waals surface area contributed by atoms with Gasteiger partial charge in [0.15, 0.2) is 0 Å². The number of hydrogen-bond donors (Lipinski definition) is 4. The summed E-state index contributed by atoms with van der Waals surface area (Å²) >= 11 is 0. The molecular formula is C18H32N2O7. The monoisotopic (exact) mass is 388 g/mol. The number of carboxylic acid groups (broad SMARTS) is 1. The molecule has 156 valence electrons. The molecule has 2 amide bonds. The van der Waals surface area contributed by atoms with Gasteiger partial charge in [0.25, 0.3) is 0 Å². The Balaban J connectivity index is 0.000000271. The molecule has 2 aliphatic rings. The van der Waals surface area contributed by atoms with E-state index in [4.69, 9.17) is 19.7 Å². The molecule has 0 aliphatic heterocycles. The van der Waals surface area contributed by atoms with Crippen LogP contribution in [0.4, 0.5) is 9.59 Å². The molecule has 0 saturated heterocycles. The van der Waals surface area contributed by atoms with Crippen molar-refractivity contribution in [2.45, 2.75) is 89.5 Å². The Hall–Kier alpha value is -2.03. The summed E-state index contributed by atoms with van der Waals surface area (Å²) in [7, 11) is 0. The molecule has 9 heteroatoms. The summed E-state index contributed by atoms with van der Waals surface area (Å²) in [5.74, 6) is -0.997. The molecular weight excluding hydrogens is 356 g/mol. The summed E-state index contributed by atoms with van der Waals surface area (Å²) < 4.78 is 10.0. The first-order valence-corrected chi connectivity index (χ1v) is 8.99. The number of aliphatic hydroxyl groups is 1. The molecule has 0 radical (unpaired) electrons. The molecule has 2 saturated carbocycles. The largest absolute Gasteiger partial charge is 0.480 e. The van der Waals surface area contributed by atoms with Gasteiger partial charge in [0.05, 0.1) is 12.1 Å². The maximum absolute atomic E-state index is 11.2. The van der Waals surface area contributed by atoms with E-state index >= 15 is 0 Å². The predicted octanol–water partition coefficient (Wildman–Crippen LogP) is 2.16. The molecule has 0 bridgehead atoms. The quantitative estimate of drug-likeness (QED) is 0.580. The molecule has 0 aromatic heterocycles. The third-order valence-corrected chi connectivity index (χ3v) is 3.82. The Bertz CT molecular complexity index is 567. The summed E-state index contributed by atoms with van der Waals surface area (Å²) in [6.45, 7) is 10.6. The second-order valence-electron chi connectivity index (χ2n) is 9.08. The Labute approximate surface area is 159 Å². The first kappa shape index (κ1) is 23.0. The SMILES string of the molecule is CC(C)(C)OC(=O)NC1(C(=O)O)CC1.CC(C)(C)OC(=O)NC1(CO)CC1. The van der Waals surface area contributed by atoms with Crippen LogP contribution in [-0.2, 0) is 14.3 Å². The number of alkyl carbamates (subject to hydrolysis) is 2. The molecule has 0 spiro atoms.